The van der Waals surface area contributed by atoms with Gasteiger partial charge in [-0.2, -0.15) is 13.2 Å². The van der Waals surface area contributed by atoms with Gasteiger partial charge in [-0.3, -0.25) is 4.90 Å². The number of aliphatic hydroxyl groups excluding tert-OH is 1. The van der Waals surface area contributed by atoms with E-state index in [1.165, 1.54) is 4.90 Å². The average Bonchev–Trinajstić information content (AvgIpc) is 3.17. The maximum Gasteiger partial charge on any atom is 0.401 e. The van der Waals surface area contributed by atoms with E-state index in [-0.39, 0.29) is 12.6 Å². The monoisotopic (exact) mass is 287 g/mol. The minimum atomic E-state index is -4.17. The third-order valence-electron chi connectivity index (χ3n) is 3.60. The number of nitrogens with zero attached hydrogens (tertiary/aromatic N) is 1. The summed E-state index contributed by atoms with van der Waals surface area (Å²) in [5, 5.41) is 10.1. The zero-order chi connectivity index (χ0) is 14.8. The lowest BCUT2D eigenvalue weighted by molar-refractivity contribution is -0.147. The van der Waals surface area contributed by atoms with Gasteiger partial charge in [0.15, 0.2) is 0 Å². The molecule has 1 aliphatic carbocycles. The van der Waals surface area contributed by atoms with Crippen LogP contribution in [-0.4, -0.2) is 35.3 Å². The van der Waals surface area contributed by atoms with Gasteiger partial charge in [0.25, 0.3) is 0 Å². The minimum Gasteiger partial charge on any atom is -0.388 e. The van der Waals surface area contributed by atoms with Crippen molar-refractivity contribution in [2.75, 3.05) is 13.1 Å². The third kappa shape index (κ3) is 4.80. The number of aliphatic hydroxyl groups is 1. The van der Waals surface area contributed by atoms with Gasteiger partial charge >= 0.3 is 6.18 Å². The molecule has 1 atom stereocenters. The first kappa shape index (κ1) is 15.3. The van der Waals surface area contributed by atoms with Gasteiger partial charge < -0.3 is 5.11 Å². The van der Waals surface area contributed by atoms with E-state index in [1.54, 1.807) is 0 Å². The van der Waals surface area contributed by atoms with Crippen molar-refractivity contribution in [3.63, 3.8) is 0 Å². The molecule has 1 aliphatic rings. The van der Waals surface area contributed by atoms with Crippen LogP contribution in [0.15, 0.2) is 24.3 Å². The number of rotatable bonds is 6. The Bertz CT molecular complexity index is 426. The summed E-state index contributed by atoms with van der Waals surface area (Å²) in [5.41, 5.74) is 1.86. The van der Waals surface area contributed by atoms with E-state index in [4.69, 9.17) is 0 Å². The first-order chi connectivity index (χ1) is 9.35. The molecule has 1 aromatic rings. The molecular formula is C15H20F3NO. The standard InChI is InChI=1S/C15H20F3NO/c1-11-2-4-12(5-3-11)14(20)8-9-19(13-6-7-13)10-15(16,17)18/h2-5,13-14,20H,6-10H2,1H3. The predicted octanol–water partition coefficient (Wildman–Crippen LogP) is 3.45. The highest BCUT2D eigenvalue weighted by molar-refractivity contribution is 5.23. The number of benzene rings is 1. The van der Waals surface area contributed by atoms with Crippen LogP contribution in [-0.2, 0) is 0 Å². The van der Waals surface area contributed by atoms with Crippen molar-refractivity contribution in [1.29, 1.82) is 0 Å². The quantitative estimate of drug-likeness (QED) is 0.866. The van der Waals surface area contributed by atoms with Crippen molar-refractivity contribution in [2.45, 2.75) is 44.5 Å². The summed E-state index contributed by atoms with van der Waals surface area (Å²) in [6.45, 7) is 1.35. The van der Waals surface area contributed by atoms with E-state index in [0.29, 0.717) is 6.42 Å². The zero-order valence-corrected chi connectivity index (χ0v) is 11.5. The molecule has 1 aromatic carbocycles. The van der Waals surface area contributed by atoms with Crippen molar-refractivity contribution in [2.24, 2.45) is 0 Å². The van der Waals surface area contributed by atoms with Gasteiger partial charge in [-0.25, -0.2) is 0 Å². The Morgan fingerprint density at radius 3 is 2.35 bits per heavy atom. The Labute approximate surface area is 117 Å². The van der Waals surface area contributed by atoms with Crippen LogP contribution in [0.3, 0.4) is 0 Å². The topological polar surface area (TPSA) is 23.5 Å². The molecule has 0 amide bonds. The van der Waals surface area contributed by atoms with Crippen LogP contribution in [0.25, 0.3) is 0 Å². The normalized spacial score (nSPS) is 17.5. The van der Waals surface area contributed by atoms with Crippen LogP contribution in [0.5, 0.6) is 0 Å². The van der Waals surface area contributed by atoms with Crippen LogP contribution in [0, 0.1) is 6.92 Å². The van der Waals surface area contributed by atoms with Gasteiger partial charge in [0, 0.05) is 12.6 Å². The highest BCUT2D eigenvalue weighted by Gasteiger charge is 2.37. The van der Waals surface area contributed by atoms with Gasteiger partial charge in [-0.05, 0) is 31.7 Å². The number of hydrogen-bond acceptors (Lipinski definition) is 2. The van der Waals surface area contributed by atoms with Crippen LogP contribution in [0.4, 0.5) is 13.2 Å². The van der Waals surface area contributed by atoms with Crippen molar-refractivity contribution >= 4 is 0 Å². The van der Waals surface area contributed by atoms with E-state index >= 15 is 0 Å². The fraction of sp³-hybridized carbons (Fsp3) is 0.600. The molecule has 20 heavy (non-hydrogen) atoms. The molecule has 5 heteroatoms. The molecule has 1 N–H and O–H groups in total. The van der Waals surface area contributed by atoms with Gasteiger partial charge in [-0.15, -0.1) is 0 Å². The SMILES string of the molecule is Cc1ccc(C(O)CCN(CC(F)(F)F)C2CC2)cc1. The summed E-state index contributed by atoms with van der Waals surface area (Å²) >= 11 is 0. The molecule has 1 fully saturated rings. The molecule has 2 rings (SSSR count). The van der Waals surface area contributed by atoms with Crippen molar-refractivity contribution in [1.82, 2.24) is 4.90 Å². The van der Waals surface area contributed by atoms with Crippen molar-refractivity contribution in [3.05, 3.63) is 35.4 Å². The smallest absolute Gasteiger partial charge is 0.388 e. The lowest BCUT2D eigenvalue weighted by atomic mass is 10.0. The Hall–Kier alpha value is -1.07. The molecule has 0 aromatic heterocycles. The number of aryl methyl sites for hydroxylation is 1. The summed E-state index contributed by atoms with van der Waals surface area (Å²) in [6.07, 6.45) is -2.88. The maximum atomic E-state index is 12.5. The highest BCUT2D eigenvalue weighted by atomic mass is 19.4. The second-order valence-electron chi connectivity index (χ2n) is 5.53. The molecule has 0 aliphatic heterocycles. The van der Waals surface area contributed by atoms with E-state index < -0.39 is 18.8 Å². The fourth-order valence-electron chi connectivity index (χ4n) is 2.30. The summed E-state index contributed by atoms with van der Waals surface area (Å²) in [5.74, 6) is 0. The van der Waals surface area contributed by atoms with Crippen molar-refractivity contribution < 1.29 is 18.3 Å². The fourth-order valence-corrected chi connectivity index (χ4v) is 2.30. The summed E-state index contributed by atoms with van der Waals surface area (Å²) < 4.78 is 37.4. The molecule has 2 nitrogen and oxygen atoms in total. The van der Waals surface area contributed by atoms with E-state index in [9.17, 15) is 18.3 Å². The van der Waals surface area contributed by atoms with Crippen LogP contribution in [0.2, 0.25) is 0 Å². The summed E-state index contributed by atoms with van der Waals surface area (Å²) in [4.78, 5) is 1.44. The third-order valence-corrected chi connectivity index (χ3v) is 3.60. The number of halogens is 3. The van der Waals surface area contributed by atoms with Gasteiger partial charge in [0.1, 0.15) is 0 Å². The largest absolute Gasteiger partial charge is 0.401 e. The highest BCUT2D eigenvalue weighted by Crippen LogP contribution is 2.31. The van der Waals surface area contributed by atoms with Crippen LogP contribution >= 0.6 is 0 Å². The molecular weight excluding hydrogens is 267 g/mol. The minimum absolute atomic E-state index is 0.0434. The Morgan fingerprint density at radius 2 is 1.85 bits per heavy atom. The number of alkyl halides is 3. The van der Waals surface area contributed by atoms with E-state index in [0.717, 1.165) is 24.0 Å². The Kier molecular flexibility index (Phi) is 4.70. The van der Waals surface area contributed by atoms with Crippen LogP contribution < -0.4 is 0 Å². The average molecular weight is 287 g/mol. The number of hydrogen-bond donors (Lipinski definition) is 1. The van der Waals surface area contributed by atoms with E-state index in [1.807, 2.05) is 31.2 Å². The maximum absolute atomic E-state index is 12.5. The first-order valence-electron chi connectivity index (χ1n) is 6.90. The molecule has 0 heterocycles. The molecule has 0 spiro atoms. The van der Waals surface area contributed by atoms with Gasteiger partial charge in [0.05, 0.1) is 12.6 Å². The molecule has 0 bridgehead atoms. The van der Waals surface area contributed by atoms with Crippen LogP contribution in [0.1, 0.15) is 36.5 Å². The predicted molar refractivity (Wildman–Crippen MR) is 71.4 cm³/mol. The lowest BCUT2D eigenvalue weighted by Gasteiger charge is -2.24. The molecule has 0 radical (unpaired) electrons. The van der Waals surface area contributed by atoms with Gasteiger partial charge in [-0.1, -0.05) is 29.8 Å². The molecule has 1 saturated carbocycles. The second kappa shape index (κ2) is 6.14. The zero-order valence-electron chi connectivity index (χ0n) is 11.5. The molecule has 112 valence electrons. The molecule has 0 saturated heterocycles. The van der Waals surface area contributed by atoms with E-state index in [2.05, 4.69) is 0 Å². The molecule has 1 unspecified atom stereocenters. The van der Waals surface area contributed by atoms with Crippen molar-refractivity contribution in [3.8, 4) is 0 Å². The van der Waals surface area contributed by atoms with Gasteiger partial charge in [0.2, 0.25) is 0 Å². The lowest BCUT2D eigenvalue weighted by Crippen LogP contribution is -2.37. The summed E-state index contributed by atoms with van der Waals surface area (Å²) in [6, 6.07) is 7.48. The Morgan fingerprint density at radius 1 is 1.25 bits per heavy atom. The summed E-state index contributed by atoms with van der Waals surface area (Å²) in [7, 11) is 0. The second-order valence-corrected chi connectivity index (χ2v) is 5.53. The first-order valence-corrected chi connectivity index (χ1v) is 6.90. The Balaban J connectivity index is 1.87.